The van der Waals surface area contributed by atoms with Crippen LogP contribution in [0.4, 0.5) is 18.4 Å². The van der Waals surface area contributed by atoms with Gasteiger partial charge in [0.1, 0.15) is 6.04 Å². The molecule has 2 atom stereocenters. The van der Waals surface area contributed by atoms with Crippen LogP contribution >= 0.6 is 0 Å². The van der Waals surface area contributed by atoms with Gasteiger partial charge in [-0.1, -0.05) is 24.3 Å². The number of rotatable bonds is 7. The lowest BCUT2D eigenvalue weighted by molar-refractivity contribution is 0.0827. The van der Waals surface area contributed by atoms with Gasteiger partial charge >= 0.3 is 12.1 Å². The topological polar surface area (TPSA) is 130 Å². The second-order valence-electron chi connectivity index (χ2n) is 9.37. The molecule has 0 unspecified atom stereocenters. The van der Waals surface area contributed by atoms with Crippen molar-refractivity contribution in [1.29, 1.82) is 10.5 Å². The molecule has 2 N–H and O–H groups in total. The fraction of sp³-hybridized carbons (Fsp3) is 0.407. The van der Waals surface area contributed by atoms with Gasteiger partial charge in [0.25, 0.3) is 0 Å². The van der Waals surface area contributed by atoms with Crippen molar-refractivity contribution in [1.82, 2.24) is 15.1 Å². The molecule has 2 aliphatic heterocycles. The van der Waals surface area contributed by atoms with Gasteiger partial charge < -0.3 is 20.1 Å². The minimum absolute atomic E-state index is 0.121. The molecule has 2 aromatic carbocycles. The number of hydrogen-bond acceptors (Lipinski definition) is 7. The van der Waals surface area contributed by atoms with E-state index in [0.717, 1.165) is 22.6 Å². The van der Waals surface area contributed by atoms with Crippen LogP contribution in [0.25, 0.3) is 0 Å². The van der Waals surface area contributed by atoms with Crippen molar-refractivity contribution in [2.24, 2.45) is 0 Å². The lowest BCUT2D eigenvalue weighted by atomic mass is 9.72. The van der Waals surface area contributed by atoms with Crippen molar-refractivity contribution >= 4 is 12.1 Å². The smallest absolute Gasteiger partial charge is 0.419 e. The molecule has 4 rings (SSSR count). The molecule has 2 aromatic rings. The standard InChI is InChI=1S/C27H27F2N5O4/c28-21-7-6-18(14-22(21)29)24-23(16-35)38-26(37)34(24)25(36)32-10-3-11-33-12-8-27(17-31,9-13-33)20-5-2-1-4-19(20)15-30/h1-2,4-7,14,23-24,35H,3,8-13,16H2,(H,32,36)/t23-,24-/m0/s1. The van der Waals surface area contributed by atoms with Crippen LogP contribution in [0.2, 0.25) is 0 Å². The molecule has 9 nitrogen and oxygen atoms in total. The Balaban J connectivity index is 1.31. The Morgan fingerprint density at radius 3 is 2.55 bits per heavy atom. The number of aliphatic hydroxyl groups is 1. The molecule has 0 spiro atoms. The third-order valence-corrected chi connectivity index (χ3v) is 7.18. The Hall–Kier alpha value is -4.06. The number of carbonyl (C=O) groups is 2. The van der Waals surface area contributed by atoms with Crippen LogP contribution in [0.3, 0.4) is 0 Å². The van der Waals surface area contributed by atoms with Crippen molar-refractivity contribution in [3.05, 3.63) is 70.8 Å². The first-order valence-corrected chi connectivity index (χ1v) is 12.3. The largest absolute Gasteiger partial charge is 0.441 e. The van der Waals surface area contributed by atoms with Gasteiger partial charge in [0.05, 0.1) is 29.7 Å². The predicted octanol–water partition coefficient (Wildman–Crippen LogP) is 3.35. The summed E-state index contributed by atoms with van der Waals surface area (Å²) in [6.45, 7) is 1.56. The first-order chi connectivity index (χ1) is 18.3. The van der Waals surface area contributed by atoms with Crippen LogP contribution in [-0.2, 0) is 10.2 Å². The van der Waals surface area contributed by atoms with Gasteiger partial charge in [-0.05, 0) is 68.2 Å². The van der Waals surface area contributed by atoms with E-state index in [4.69, 9.17) is 4.74 Å². The van der Waals surface area contributed by atoms with Crippen LogP contribution in [0.1, 0.15) is 42.0 Å². The van der Waals surface area contributed by atoms with E-state index >= 15 is 0 Å². The average Bonchev–Trinajstić information content (AvgIpc) is 3.29. The third-order valence-electron chi connectivity index (χ3n) is 7.18. The second kappa shape index (κ2) is 11.5. The molecule has 198 valence electrons. The summed E-state index contributed by atoms with van der Waals surface area (Å²) in [6.07, 6.45) is -0.391. The molecule has 2 saturated heterocycles. The van der Waals surface area contributed by atoms with Crippen LogP contribution in [0.5, 0.6) is 0 Å². The summed E-state index contributed by atoms with van der Waals surface area (Å²) < 4.78 is 32.3. The number of nitriles is 2. The average molecular weight is 524 g/mol. The molecule has 11 heteroatoms. The van der Waals surface area contributed by atoms with E-state index in [2.05, 4.69) is 22.4 Å². The SMILES string of the molecule is N#Cc1ccccc1C1(C#N)CCN(CCCNC(=O)N2C(=O)O[C@@H](CO)[C@@H]2c2ccc(F)c(F)c2)CC1. The molecule has 0 saturated carbocycles. The number of halogens is 2. The van der Waals surface area contributed by atoms with E-state index in [1.165, 1.54) is 6.07 Å². The first-order valence-electron chi connectivity index (χ1n) is 12.3. The van der Waals surface area contributed by atoms with Gasteiger partial charge in [-0.3, -0.25) is 0 Å². The molecule has 2 aliphatic rings. The molecular formula is C27H27F2N5O4. The molecule has 2 fully saturated rings. The van der Waals surface area contributed by atoms with Crippen LogP contribution in [0, 0.1) is 34.3 Å². The number of piperidine rings is 1. The van der Waals surface area contributed by atoms with E-state index in [-0.39, 0.29) is 12.1 Å². The highest BCUT2D eigenvalue weighted by Crippen LogP contribution is 2.37. The summed E-state index contributed by atoms with van der Waals surface area (Å²) in [6, 6.07) is 12.9. The molecule has 3 amide bonds. The van der Waals surface area contributed by atoms with Gasteiger partial charge in [-0.25, -0.2) is 23.3 Å². The van der Waals surface area contributed by atoms with E-state index in [9.17, 15) is 34.0 Å². The van der Waals surface area contributed by atoms with Gasteiger partial charge in [0.15, 0.2) is 17.7 Å². The molecule has 0 bridgehead atoms. The van der Waals surface area contributed by atoms with E-state index in [1.807, 2.05) is 12.1 Å². The number of carbonyl (C=O) groups excluding carboxylic acids is 2. The van der Waals surface area contributed by atoms with Gasteiger partial charge in [0, 0.05) is 6.54 Å². The monoisotopic (exact) mass is 523 g/mol. The van der Waals surface area contributed by atoms with Crippen LogP contribution in [-0.4, -0.2) is 65.9 Å². The van der Waals surface area contributed by atoms with Gasteiger partial charge in [-0.15, -0.1) is 0 Å². The lowest BCUT2D eigenvalue weighted by Crippen LogP contribution is -2.45. The fourth-order valence-electron chi connectivity index (χ4n) is 5.12. The number of ether oxygens (including phenoxy) is 1. The highest BCUT2D eigenvalue weighted by Gasteiger charge is 2.46. The predicted molar refractivity (Wildman–Crippen MR) is 130 cm³/mol. The van der Waals surface area contributed by atoms with Crippen molar-refractivity contribution in [3.63, 3.8) is 0 Å². The molecular weight excluding hydrogens is 496 g/mol. The maximum atomic E-state index is 13.8. The summed E-state index contributed by atoms with van der Waals surface area (Å²) in [5.74, 6) is -2.22. The highest BCUT2D eigenvalue weighted by atomic mass is 19.2. The van der Waals surface area contributed by atoms with Crippen molar-refractivity contribution < 1.29 is 28.2 Å². The number of amides is 3. The normalized spacial score (nSPS) is 20.9. The quantitative estimate of drug-likeness (QED) is 0.533. The Morgan fingerprint density at radius 1 is 1.16 bits per heavy atom. The Labute approximate surface area is 218 Å². The first kappa shape index (κ1) is 27.0. The highest BCUT2D eigenvalue weighted by molar-refractivity contribution is 5.93. The number of benzene rings is 2. The zero-order chi connectivity index (χ0) is 27.3. The maximum absolute atomic E-state index is 13.8. The second-order valence-corrected chi connectivity index (χ2v) is 9.37. The number of hydrogen-bond donors (Lipinski definition) is 2. The summed E-state index contributed by atoms with van der Waals surface area (Å²) in [5, 5.41) is 31.7. The number of nitrogens with zero attached hydrogens (tertiary/aromatic N) is 4. The zero-order valence-electron chi connectivity index (χ0n) is 20.6. The fourth-order valence-corrected chi connectivity index (χ4v) is 5.12. The maximum Gasteiger partial charge on any atom is 0.419 e. The van der Waals surface area contributed by atoms with Crippen molar-refractivity contribution in [2.45, 2.75) is 36.8 Å². The Kier molecular flexibility index (Phi) is 8.20. The number of imide groups is 1. The molecule has 0 aliphatic carbocycles. The lowest BCUT2D eigenvalue weighted by Gasteiger charge is -2.38. The van der Waals surface area contributed by atoms with Gasteiger partial charge in [-0.2, -0.15) is 10.5 Å². The minimum atomic E-state index is -1.14. The van der Waals surface area contributed by atoms with E-state index in [0.29, 0.717) is 44.5 Å². The number of cyclic esters (lactones) is 1. The van der Waals surface area contributed by atoms with Crippen molar-refractivity contribution in [3.8, 4) is 12.1 Å². The summed E-state index contributed by atoms with van der Waals surface area (Å²) >= 11 is 0. The number of urea groups is 1. The Morgan fingerprint density at radius 2 is 1.89 bits per heavy atom. The van der Waals surface area contributed by atoms with Crippen molar-refractivity contribution in [2.75, 3.05) is 32.8 Å². The van der Waals surface area contributed by atoms with E-state index in [1.54, 1.807) is 12.1 Å². The summed E-state index contributed by atoms with van der Waals surface area (Å²) in [7, 11) is 0. The molecule has 0 aromatic heterocycles. The van der Waals surface area contributed by atoms with Crippen LogP contribution in [0.15, 0.2) is 42.5 Å². The summed E-state index contributed by atoms with van der Waals surface area (Å²) in [4.78, 5) is 28.1. The van der Waals surface area contributed by atoms with E-state index < -0.39 is 47.9 Å². The van der Waals surface area contributed by atoms with Gasteiger partial charge in [0.2, 0.25) is 0 Å². The van der Waals surface area contributed by atoms with Crippen LogP contribution < -0.4 is 5.32 Å². The molecule has 0 radical (unpaired) electrons. The number of nitrogens with one attached hydrogen (secondary N) is 1. The molecule has 2 heterocycles. The number of aliphatic hydroxyl groups excluding tert-OH is 1. The Bertz CT molecular complexity index is 1280. The molecule has 38 heavy (non-hydrogen) atoms. The zero-order valence-corrected chi connectivity index (χ0v) is 20.6. The third kappa shape index (κ3) is 5.30. The number of likely N-dealkylation sites (tertiary alicyclic amines) is 1. The minimum Gasteiger partial charge on any atom is -0.441 e. The summed E-state index contributed by atoms with van der Waals surface area (Å²) in [5.41, 5.74) is 0.670.